The molecule has 0 amide bonds. The van der Waals surface area contributed by atoms with Crippen LogP contribution >= 0.6 is 0 Å². The molecular formula is C22H22F7N5O6. The molecular weight excluding hydrogens is 563 g/mol. The zero-order chi connectivity index (χ0) is 30.3. The summed E-state index contributed by atoms with van der Waals surface area (Å²) in [6, 6.07) is 4.84. The number of hydrogen-bond acceptors (Lipinski definition) is 8. The SMILES string of the molecule is Cc1noc(C)c1CN1Cc2ccnn2C(COc2ncccc2F)C1.O=C(O)C(F)(F)F.O=C(O)C(F)(F)F. The molecule has 0 saturated carbocycles. The van der Waals surface area contributed by atoms with E-state index in [1.165, 1.54) is 12.3 Å². The number of aryl methyl sites for hydroxylation is 2. The van der Waals surface area contributed by atoms with Crippen molar-refractivity contribution < 1.29 is 59.8 Å². The fourth-order valence-electron chi connectivity index (χ4n) is 3.31. The Morgan fingerprint density at radius 1 is 1.07 bits per heavy atom. The Kier molecular flexibility index (Phi) is 10.6. The van der Waals surface area contributed by atoms with E-state index < -0.39 is 30.1 Å². The van der Waals surface area contributed by atoms with E-state index in [1.54, 1.807) is 12.3 Å². The summed E-state index contributed by atoms with van der Waals surface area (Å²) in [5.41, 5.74) is 3.11. The van der Waals surface area contributed by atoms with Crippen LogP contribution in [0, 0.1) is 19.7 Å². The summed E-state index contributed by atoms with van der Waals surface area (Å²) in [5.74, 6) is -5.12. The van der Waals surface area contributed by atoms with Gasteiger partial charge in [0, 0.05) is 37.6 Å². The number of ether oxygens (including phenoxy) is 1. The first-order valence-corrected chi connectivity index (χ1v) is 11.0. The van der Waals surface area contributed by atoms with Crippen molar-refractivity contribution in [1.29, 1.82) is 0 Å². The van der Waals surface area contributed by atoms with Gasteiger partial charge in [0.1, 0.15) is 12.4 Å². The molecule has 1 aliphatic heterocycles. The molecule has 3 aromatic heterocycles. The molecule has 0 saturated heterocycles. The Hall–Kier alpha value is -4.22. The molecule has 220 valence electrons. The molecule has 1 aliphatic rings. The Balaban J connectivity index is 0.000000333. The Morgan fingerprint density at radius 3 is 2.17 bits per heavy atom. The van der Waals surface area contributed by atoms with Crippen molar-refractivity contribution in [2.24, 2.45) is 0 Å². The summed E-state index contributed by atoms with van der Waals surface area (Å²) in [5, 5.41) is 22.7. The first kappa shape index (κ1) is 32.0. The summed E-state index contributed by atoms with van der Waals surface area (Å²) in [6.07, 6.45) is -6.87. The number of alkyl halides is 6. The molecule has 0 fully saturated rings. The second-order valence-electron chi connectivity index (χ2n) is 8.10. The third-order valence-corrected chi connectivity index (χ3v) is 5.14. The molecule has 0 bridgehead atoms. The van der Waals surface area contributed by atoms with Crippen LogP contribution in [0.3, 0.4) is 0 Å². The maximum absolute atomic E-state index is 13.8. The lowest BCUT2D eigenvalue weighted by molar-refractivity contribution is -0.193. The van der Waals surface area contributed by atoms with Crippen LogP contribution in [-0.4, -0.2) is 72.5 Å². The molecule has 0 aliphatic carbocycles. The number of rotatable bonds is 5. The number of carboxylic acid groups (broad SMARTS) is 2. The van der Waals surface area contributed by atoms with Crippen LogP contribution in [0.4, 0.5) is 30.7 Å². The van der Waals surface area contributed by atoms with Crippen molar-refractivity contribution in [3.05, 3.63) is 59.1 Å². The normalized spacial score (nSPS) is 15.2. The van der Waals surface area contributed by atoms with Gasteiger partial charge in [-0.1, -0.05) is 5.16 Å². The molecule has 2 N–H and O–H groups in total. The highest BCUT2D eigenvalue weighted by Gasteiger charge is 2.39. The molecule has 18 heteroatoms. The highest BCUT2D eigenvalue weighted by atomic mass is 19.4. The number of fused-ring (bicyclic) bond motifs is 1. The molecule has 1 atom stereocenters. The minimum absolute atomic E-state index is 0.0176. The maximum Gasteiger partial charge on any atom is 0.490 e. The molecule has 4 heterocycles. The van der Waals surface area contributed by atoms with Gasteiger partial charge in [0.15, 0.2) is 5.82 Å². The maximum atomic E-state index is 13.8. The molecule has 0 spiro atoms. The van der Waals surface area contributed by atoms with Gasteiger partial charge in [-0.3, -0.25) is 9.58 Å². The topological polar surface area (TPSA) is 144 Å². The van der Waals surface area contributed by atoms with Crippen molar-refractivity contribution in [3.8, 4) is 5.88 Å². The van der Waals surface area contributed by atoms with E-state index in [-0.39, 0.29) is 11.9 Å². The zero-order valence-corrected chi connectivity index (χ0v) is 20.7. The first-order valence-electron chi connectivity index (χ1n) is 11.0. The zero-order valence-electron chi connectivity index (χ0n) is 20.7. The quantitative estimate of drug-likeness (QED) is 0.423. The van der Waals surface area contributed by atoms with Gasteiger partial charge in [-0.25, -0.2) is 19.0 Å². The van der Waals surface area contributed by atoms with Gasteiger partial charge in [-0.15, -0.1) is 0 Å². The van der Waals surface area contributed by atoms with Gasteiger partial charge in [0.2, 0.25) is 5.88 Å². The molecule has 4 rings (SSSR count). The lowest BCUT2D eigenvalue weighted by Gasteiger charge is -2.33. The van der Waals surface area contributed by atoms with E-state index in [0.29, 0.717) is 6.61 Å². The predicted molar refractivity (Wildman–Crippen MR) is 118 cm³/mol. The number of nitrogens with zero attached hydrogens (tertiary/aromatic N) is 5. The standard InChI is InChI=1S/C18H20FN5O2.2C2HF3O2/c1-12-16(13(2)26-22-12)10-23-8-14-5-7-21-24(14)15(9-23)11-25-18-17(19)4-3-6-20-18;2*3-2(4,5)1(6)7/h3-7,15H,8-11H2,1-2H3;2*(H,6,7). The van der Waals surface area contributed by atoms with Crippen molar-refractivity contribution in [1.82, 2.24) is 24.8 Å². The molecule has 11 nitrogen and oxygen atoms in total. The van der Waals surface area contributed by atoms with Crippen LogP contribution in [0.1, 0.15) is 28.8 Å². The van der Waals surface area contributed by atoms with Gasteiger partial charge < -0.3 is 19.5 Å². The van der Waals surface area contributed by atoms with Crippen molar-refractivity contribution in [3.63, 3.8) is 0 Å². The summed E-state index contributed by atoms with van der Waals surface area (Å²) in [4.78, 5) is 24.0. The van der Waals surface area contributed by atoms with Crippen LogP contribution in [0.15, 0.2) is 35.1 Å². The average molecular weight is 585 g/mol. The highest BCUT2D eigenvalue weighted by molar-refractivity contribution is 5.73. The van der Waals surface area contributed by atoms with E-state index in [1.807, 2.05) is 24.6 Å². The molecule has 1 unspecified atom stereocenters. The van der Waals surface area contributed by atoms with Crippen LogP contribution < -0.4 is 4.74 Å². The van der Waals surface area contributed by atoms with Gasteiger partial charge >= 0.3 is 24.3 Å². The third kappa shape index (κ3) is 9.21. The van der Waals surface area contributed by atoms with Gasteiger partial charge in [0.05, 0.1) is 17.4 Å². The molecule has 40 heavy (non-hydrogen) atoms. The molecule has 0 aromatic carbocycles. The average Bonchev–Trinajstić information content (AvgIpc) is 3.45. The fourth-order valence-corrected chi connectivity index (χ4v) is 3.31. The van der Waals surface area contributed by atoms with Crippen molar-refractivity contribution in [2.75, 3.05) is 13.2 Å². The lowest BCUT2D eigenvalue weighted by Crippen LogP contribution is -2.39. The first-order chi connectivity index (χ1) is 18.5. The second kappa shape index (κ2) is 13.2. The van der Waals surface area contributed by atoms with Gasteiger partial charge in [0.25, 0.3) is 0 Å². The Bertz CT molecular complexity index is 1250. The van der Waals surface area contributed by atoms with Gasteiger partial charge in [-0.05, 0) is 32.0 Å². The largest absolute Gasteiger partial charge is 0.490 e. The lowest BCUT2D eigenvalue weighted by atomic mass is 10.1. The highest BCUT2D eigenvalue weighted by Crippen LogP contribution is 2.25. The predicted octanol–water partition coefficient (Wildman–Crippen LogP) is 3.92. The van der Waals surface area contributed by atoms with Crippen LogP contribution in [0.5, 0.6) is 5.88 Å². The van der Waals surface area contributed by atoms with Gasteiger partial charge in [-0.2, -0.15) is 31.4 Å². The number of pyridine rings is 1. The van der Waals surface area contributed by atoms with Crippen molar-refractivity contribution in [2.45, 2.75) is 45.3 Å². The van der Waals surface area contributed by atoms with Crippen LogP contribution in [0.2, 0.25) is 0 Å². The van der Waals surface area contributed by atoms with Crippen LogP contribution in [-0.2, 0) is 22.7 Å². The molecule has 0 radical (unpaired) electrons. The number of aromatic nitrogens is 4. The number of hydrogen-bond donors (Lipinski definition) is 2. The number of carbonyl (C=O) groups is 2. The summed E-state index contributed by atoms with van der Waals surface area (Å²) in [7, 11) is 0. The molecule has 3 aromatic rings. The Labute approximate surface area is 220 Å². The van der Waals surface area contributed by atoms with E-state index in [0.717, 1.165) is 42.3 Å². The second-order valence-corrected chi connectivity index (χ2v) is 8.10. The number of carboxylic acids is 2. The minimum Gasteiger partial charge on any atom is -0.475 e. The minimum atomic E-state index is -5.08. The van der Waals surface area contributed by atoms with E-state index in [4.69, 9.17) is 29.1 Å². The van der Waals surface area contributed by atoms with E-state index in [9.17, 15) is 30.7 Å². The number of aliphatic carboxylic acids is 2. The monoisotopic (exact) mass is 585 g/mol. The number of halogens is 7. The smallest absolute Gasteiger partial charge is 0.475 e. The third-order valence-electron chi connectivity index (χ3n) is 5.14. The van der Waals surface area contributed by atoms with Crippen LogP contribution in [0.25, 0.3) is 0 Å². The summed E-state index contributed by atoms with van der Waals surface area (Å²) >= 11 is 0. The fraction of sp³-hybridized carbons (Fsp3) is 0.409. The summed E-state index contributed by atoms with van der Waals surface area (Å²) < 4.78 is 90.1. The van der Waals surface area contributed by atoms with Crippen molar-refractivity contribution >= 4 is 11.9 Å². The Morgan fingerprint density at radius 2 is 1.68 bits per heavy atom. The van der Waals surface area contributed by atoms with E-state index in [2.05, 4.69) is 20.1 Å². The summed E-state index contributed by atoms with van der Waals surface area (Å²) in [6.45, 7) is 6.41. The van der Waals surface area contributed by atoms with E-state index >= 15 is 0 Å².